The Balaban J connectivity index is 1.89. The first-order chi connectivity index (χ1) is 8.80. The van der Waals surface area contributed by atoms with E-state index >= 15 is 0 Å². The quantitative estimate of drug-likeness (QED) is 0.845. The molecule has 98 valence electrons. The zero-order chi connectivity index (χ0) is 12.4. The van der Waals surface area contributed by atoms with Gasteiger partial charge in [0.1, 0.15) is 5.82 Å². The highest BCUT2D eigenvalue weighted by molar-refractivity contribution is 7.99. The summed E-state index contributed by atoms with van der Waals surface area (Å²) in [4.78, 5) is 0. The average Bonchev–Trinajstić information content (AvgIpc) is 2.42. The van der Waals surface area contributed by atoms with E-state index in [2.05, 4.69) is 5.32 Å². The van der Waals surface area contributed by atoms with Crippen molar-refractivity contribution < 1.29 is 9.13 Å². The van der Waals surface area contributed by atoms with E-state index in [1.165, 1.54) is 12.1 Å². The van der Waals surface area contributed by atoms with Crippen LogP contribution >= 0.6 is 11.8 Å². The van der Waals surface area contributed by atoms with E-state index in [-0.39, 0.29) is 17.5 Å². The van der Waals surface area contributed by atoms with Crippen LogP contribution in [0.4, 0.5) is 4.39 Å². The molecule has 1 spiro atoms. The second kappa shape index (κ2) is 5.19. The monoisotopic (exact) mass is 267 g/mol. The molecule has 1 aromatic rings. The van der Waals surface area contributed by atoms with Crippen LogP contribution in [-0.4, -0.2) is 30.3 Å². The molecule has 2 fully saturated rings. The third-order valence-electron chi connectivity index (χ3n) is 3.91. The minimum atomic E-state index is -0.177. The van der Waals surface area contributed by atoms with Gasteiger partial charge in [-0.3, -0.25) is 0 Å². The number of ether oxygens (including phenoxy) is 1. The van der Waals surface area contributed by atoms with E-state index < -0.39 is 0 Å². The SMILES string of the molecule is Fc1ccc(C2NCCOC23CCSCC3)cc1. The molecule has 0 amide bonds. The smallest absolute Gasteiger partial charge is 0.123 e. The van der Waals surface area contributed by atoms with E-state index in [1.54, 1.807) is 0 Å². The number of morpholine rings is 1. The van der Waals surface area contributed by atoms with Crippen molar-refractivity contribution >= 4 is 11.8 Å². The fourth-order valence-corrected chi connectivity index (χ4v) is 4.14. The highest BCUT2D eigenvalue weighted by Crippen LogP contribution is 2.41. The van der Waals surface area contributed by atoms with E-state index in [4.69, 9.17) is 4.74 Å². The third kappa shape index (κ3) is 2.29. The van der Waals surface area contributed by atoms with Crippen molar-refractivity contribution in [2.24, 2.45) is 0 Å². The number of benzene rings is 1. The molecule has 4 heteroatoms. The van der Waals surface area contributed by atoms with Gasteiger partial charge in [0.05, 0.1) is 18.2 Å². The van der Waals surface area contributed by atoms with Crippen LogP contribution in [0.2, 0.25) is 0 Å². The van der Waals surface area contributed by atoms with Crippen LogP contribution in [0.1, 0.15) is 24.4 Å². The summed E-state index contributed by atoms with van der Waals surface area (Å²) in [5, 5.41) is 3.56. The summed E-state index contributed by atoms with van der Waals surface area (Å²) in [6.45, 7) is 1.65. The molecule has 2 nitrogen and oxygen atoms in total. The molecule has 1 atom stereocenters. The Bertz CT molecular complexity index is 394. The summed E-state index contributed by atoms with van der Waals surface area (Å²) >= 11 is 1.99. The van der Waals surface area contributed by atoms with Crippen molar-refractivity contribution in [2.75, 3.05) is 24.7 Å². The molecular formula is C14H18FNOS. The van der Waals surface area contributed by atoms with Gasteiger partial charge in [-0.05, 0) is 42.0 Å². The van der Waals surface area contributed by atoms with Gasteiger partial charge >= 0.3 is 0 Å². The molecule has 2 saturated heterocycles. The summed E-state index contributed by atoms with van der Waals surface area (Å²) in [5.41, 5.74) is 1.06. The lowest BCUT2D eigenvalue weighted by Crippen LogP contribution is -2.54. The Labute approximate surface area is 111 Å². The zero-order valence-corrected chi connectivity index (χ0v) is 11.1. The first kappa shape index (κ1) is 12.5. The summed E-state index contributed by atoms with van der Waals surface area (Å²) < 4.78 is 19.2. The molecule has 1 unspecified atom stereocenters. The van der Waals surface area contributed by atoms with Crippen LogP contribution in [0.15, 0.2) is 24.3 Å². The molecule has 2 aliphatic rings. The maximum absolute atomic E-state index is 13.0. The molecule has 0 aliphatic carbocycles. The van der Waals surface area contributed by atoms with E-state index in [9.17, 15) is 4.39 Å². The fraction of sp³-hybridized carbons (Fsp3) is 0.571. The van der Waals surface area contributed by atoms with Crippen LogP contribution in [0.25, 0.3) is 0 Å². The number of halogens is 1. The number of nitrogens with one attached hydrogen (secondary N) is 1. The molecule has 0 bridgehead atoms. The summed E-state index contributed by atoms with van der Waals surface area (Å²) in [6.07, 6.45) is 2.15. The fourth-order valence-electron chi connectivity index (χ4n) is 2.95. The molecular weight excluding hydrogens is 249 g/mol. The molecule has 1 aromatic carbocycles. The van der Waals surface area contributed by atoms with Crippen LogP contribution in [0.5, 0.6) is 0 Å². The lowest BCUT2D eigenvalue weighted by molar-refractivity contribution is -0.103. The Morgan fingerprint density at radius 3 is 2.67 bits per heavy atom. The van der Waals surface area contributed by atoms with Gasteiger partial charge < -0.3 is 10.1 Å². The second-order valence-electron chi connectivity index (χ2n) is 4.96. The van der Waals surface area contributed by atoms with Crippen molar-refractivity contribution in [2.45, 2.75) is 24.5 Å². The van der Waals surface area contributed by atoms with Crippen LogP contribution in [0, 0.1) is 5.82 Å². The van der Waals surface area contributed by atoms with Crippen molar-refractivity contribution in [1.29, 1.82) is 0 Å². The largest absolute Gasteiger partial charge is 0.372 e. The number of hydrogen-bond donors (Lipinski definition) is 1. The predicted molar refractivity (Wildman–Crippen MR) is 72.4 cm³/mol. The predicted octanol–water partition coefficient (Wildman–Crippen LogP) is 2.75. The van der Waals surface area contributed by atoms with Crippen LogP contribution in [-0.2, 0) is 4.74 Å². The Hall–Kier alpha value is -0.580. The third-order valence-corrected chi connectivity index (χ3v) is 4.89. The maximum Gasteiger partial charge on any atom is 0.123 e. The van der Waals surface area contributed by atoms with Gasteiger partial charge in [-0.2, -0.15) is 11.8 Å². The van der Waals surface area contributed by atoms with Gasteiger partial charge in [-0.1, -0.05) is 12.1 Å². The molecule has 0 aromatic heterocycles. The number of thioether (sulfide) groups is 1. The highest BCUT2D eigenvalue weighted by Gasteiger charge is 2.43. The van der Waals surface area contributed by atoms with Gasteiger partial charge in [0, 0.05) is 6.54 Å². The second-order valence-corrected chi connectivity index (χ2v) is 6.19. The van der Waals surface area contributed by atoms with Gasteiger partial charge in [0.25, 0.3) is 0 Å². The standard InChI is InChI=1S/C14H18FNOS/c15-12-3-1-11(2-4-12)13-14(17-8-7-16-13)5-9-18-10-6-14/h1-4,13,16H,5-10H2. The average molecular weight is 267 g/mol. The lowest BCUT2D eigenvalue weighted by atomic mass is 9.82. The Morgan fingerprint density at radius 1 is 1.22 bits per heavy atom. The van der Waals surface area contributed by atoms with Gasteiger partial charge in [-0.15, -0.1) is 0 Å². The minimum Gasteiger partial charge on any atom is -0.372 e. The van der Waals surface area contributed by atoms with E-state index in [0.29, 0.717) is 0 Å². The lowest BCUT2D eigenvalue weighted by Gasteiger charge is -2.47. The molecule has 2 heterocycles. The summed E-state index contributed by atoms with van der Waals surface area (Å²) in [5.74, 6) is 2.13. The first-order valence-corrected chi connectivity index (χ1v) is 7.66. The minimum absolute atomic E-state index is 0.0820. The van der Waals surface area contributed by atoms with Crippen molar-refractivity contribution in [1.82, 2.24) is 5.32 Å². The Kier molecular flexibility index (Phi) is 3.59. The van der Waals surface area contributed by atoms with Crippen LogP contribution in [0.3, 0.4) is 0 Å². The molecule has 0 radical (unpaired) electrons. The van der Waals surface area contributed by atoms with E-state index in [0.717, 1.165) is 43.1 Å². The molecule has 1 N–H and O–H groups in total. The number of hydrogen-bond acceptors (Lipinski definition) is 3. The van der Waals surface area contributed by atoms with Crippen LogP contribution < -0.4 is 5.32 Å². The normalized spacial score (nSPS) is 27.3. The van der Waals surface area contributed by atoms with Crippen molar-refractivity contribution in [3.63, 3.8) is 0 Å². The van der Waals surface area contributed by atoms with Crippen molar-refractivity contribution in [3.8, 4) is 0 Å². The molecule has 3 rings (SSSR count). The topological polar surface area (TPSA) is 21.3 Å². The zero-order valence-electron chi connectivity index (χ0n) is 10.3. The van der Waals surface area contributed by atoms with Gasteiger partial charge in [0.15, 0.2) is 0 Å². The molecule has 18 heavy (non-hydrogen) atoms. The summed E-state index contributed by atoms with van der Waals surface area (Å²) in [7, 11) is 0. The summed E-state index contributed by atoms with van der Waals surface area (Å²) in [6, 6.07) is 7.04. The Morgan fingerprint density at radius 2 is 1.94 bits per heavy atom. The first-order valence-electron chi connectivity index (χ1n) is 6.51. The number of rotatable bonds is 1. The van der Waals surface area contributed by atoms with Crippen molar-refractivity contribution in [3.05, 3.63) is 35.6 Å². The highest BCUT2D eigenvalue weighted by atomic mass is 32.2. The van der Waals surface area contributed by atoms with E-state index in [1.807, 2.05) is 23.9 Å². The maximum atomic E-state index is 13.0. The van der Waals surface area contributed by atoms with Gasteiger partial charge in [-0.25, -0.2) is 4.39 Å². The van der Waals surface area contributed by atoms with Gasteiger partial charge in [0.2, 0.25) is 0 Å². The molecule has 2 aliphatic heterocycles. The molecule has 0 saturated carbocycles.